The minimum atomic E-state index is -4.48. The van der Waals surface area contributed by atoms with E-state index in [1.165, 1.54) is 89.2 Å². The SMILES string of the molecule is CCCCCCCCCCCCCCCCCOC(=O)c1ccccc1C(=O)OCCS(=O)(=O)[O-].[K+]. The van der Waals surface area contributed by atoms with Crippen molar-refractivity contribution in [2.75, 3.05) is 19.0 Å². The van der Waals surface area contributed by atoms with Crippen LogP contribution in [0.4, 0.5) is 0 Å². The molecule has 0 aliphatic heterocycles. The second-order valence-electron chi connectivity index (χ2n) is 9.03. The number of esters is 2. The summed E-state index contributed by atoms with van der Waals surface area (Å²) in [5, 5.41) is 0. The molecule has 1 rings (SSSR count). The molecular formula is C27H43KO7S. The molecule has 0 bridgehead atoms. The molecule has 0 aliphatic rings. The molecule has 9 heteroatoms. The molecule has 0 fully saturated rings. The van der Waals surface area contributed by atoms with Crippen molar-refractivity contribution in [3.63, 3.8) is 0 Å². The number of rotatable bonds is 21. The topological polar surface area (TPSA) is 110 Å². The van der Waals surface area contributed by atoms with E-state index in [1.54, 1.807) is 12.1 Å². The Morgan fingerprint density at radius 2 is 1.03 bits per heavy atom. The van der Waals surface area contributed by atoms with E-state index in [-0.39, 0.29) is 69.1 Å². The number of carbonyl (C=O) groups excluding carboxylic acids is 2. The summed E-state index contributed by atoms with van der Waals surface area (Å²) in [6.07, 6.45) is 18.8. The minimum Gasteiger partial charge on any atom is -0.748 e. The fourth-order valence-electron chi connectivity index (χ4n) is 3.87. The van der Waals surface area contributed by atoms with Crippen LogP contribution in [0, 0.1) is 0 Å². The van der Waals surface area contributed by atoms with Crippen LogP contribution >= 0.6 is 0 Å². The Hall–Kier alpha value is -0.294. The first kappa shape index (κ1) is 35.7. The van der Waals surface area contributed by atoms with E-state index in [2.05, 4.69) is 6.92 Å². The summed E-state index contributed by atoms with van der Waals surface area (Å²) in [5.41, 5.74) is 0.0423. The first-order chi connectivity index (χ1) is 16.8. The van der Waals surface area contributed by atoms with Crippen molar-refractivity contribution in [3.05, 3.63) is 35.4 Å². The number of hydrogen-bond acceptors (Lipinski definition) is 7. The van der Waals surface area contributed by atoms with Gasteiger partial charge in [0.25, 0.3) is 0 Å². The average molecular weight is 551 g/mol. The Bertz CT molecular complexity index is 827. The Morgan fingerprint density at radius 3 is 1.42 bits per heavy atom. The summed E-state index contributed by atoms with van der Waals surface area (Å²) >= 11 is 0. The summed E-state index contributed by atoms with van der Waals surface area (Å²) in [5.74, 6) is -2.31. The number of carbonyl (C=O) groups is 2. The van der Waals surface area contributed by atoms with E-state index in [0.717, 1.165) is 19.3 Å². The van der Waals surface area contributed by atoms with Crippen molar-refractivity contribution in [1.82, 2.24) is 0 Å². The minimum absolute atomic E-state index is 0. The van der Waals surface area contributed by atoms with Gasteiger partial charge in [-0.2, -0.15) is 0 Å². The van der Waals surface area contributed by atoms with Gasteiger partial charge >= 0.3 is 63.3 Å². The zero-order chi connectivity index (χ0) is 25.8. The van der Waals surface area contributed by atoms with Crippen LogP contribution in [0.15, 0.2) is 24.3 Å². The standard InChI is InChI=1S/C27H44O7S.K/c1-2-3-4-5-6-7-8-9-10-11-12-13-14-15-18-21-33-26(28)24-19-16-17-20-25(24)27(29)34-22-23-35(30,31)32;/h16-17,19-20H,2-15,18,21-23H2,1H3,(H,30,31,32);/q;+1/p-1. The van der Waals surface area contributed by atoms with Gasteiger partial charge in [0.1, 0.15) is 6.61 Å². The van der Waals surface area contributed by atoms with E-state index in [0.29, 0.717) is 0 Å². The molecule has 0 saturated heterocycles. The molecule has 1 aromatic rings. The third-order valence-corrected chi connectivity index (χ3v) is 6.58. The first-order valence-corrected chi connectivity index (χ1v) is 14.8. The molecule has 0 radical (unpaired) electrons. The molecule has 0 N–H and O–H groups in total. The molecule has 0 aliphatic carbocycles. The van der Waals surface area contributed by atoms with Crippen molar-refractivity contribution in [1.29, 1.82) is 0 Å². The number of benzene rings is 1. The molecular weight excluding hydrogens is 507 g/mol. The van der Waals surface area contributed by atoms with Crippen molar-refractivity contribution < 1.29 is 83.4 Å². The van der Waals surface area contributed by atoms with Crippen molar-refractivity contribution in [2.24, 2.45) is 0 Å². The molecule has 0 unspecified atom stereocenters. The Kier molecular flexibility index (Phi) is 22.5. The van der Waals surface area contributed by atoms with E-state index in [4.69, 9.17) is 9.47 Å². The normalized spacial score (nSPS) is 11.1. The first-order valence-electron chi connectivity index (χ1n) is 13.2. The predicted octanol–water partition coefficient (Wildman–Crippen LogP) is 3.42. The molecule has 0 atom stereocenters. The van der Waals surface area contributed by atoms with Crippen molar-refractivity contribution in [2.45, 2.75) is 103 Å². The van der Waals surface area contributed by atoms with Crippen molar-refractivity contribution in [3.8, 4) is 0 Å². The number of unbranched alkanes of at least 4 members (excludes halogenated alkanes) is 14. The molecule has 36 heavy (non-hydrogen) atoms. The van der Waals surface area contributed by atoms with Crippen LogP contribution in [0.25, 0.3) is 0 Å². The largest absolute Gasteiger partial charge is 1.00 e. The van der Waals surface area contributed by atoms with Crippen LogP contribution in [0.5, 0.6) is 0 Å². The van der Waals surface area contributed by atoms with Gasteiger partial charge in [0.2, 0.25) is 0 Å². The molecule has 7 nitrogen and oxygen atoms in total. The Balaban J connectivity index is 0.0000122. The zero-order valence-corrected chi connectivity index (χ0v) is 26.2. The van der Waals surface area contributed by atoms with Gasteiger partial charge in [0.15, 0.2) is 0 Å². The van der Waals surface area contributed by atoms with Crippen LogP contribution < -0.4 is 51.4 Å². The number of hydrogen-bond donors (Lipinski definition) is 0. The van der Waals surface area contributed by atoms with Gasteiger partial charge in [-0.3, -0.25) is 0 Å². The van der Waals surface area contributed by atoms with Gasteiger partial charge in [-0.25, -0.2) is 18.0 Å². The fraction of sp³-hybridized carbons (Fsp3) is 0.704. The molecule has 1 aromatic carbocycles. The van der Waals surface area contributed by atoms with E-state index in [9.17, 15) is 22.6 Å². The maximum absolute atomic E-state index is 12.4. The second-order valence-corrected chi connectivity index (χ2v) is 10.6. The summed E-state index contributed by atoms with van der Waals surface area (Å²) in [6, 6.07) is 6.02. The van der Waals surface area contributed by atoms with E-state index in [1.807, 2.05) is 0 Å². The molecule has 0 saturated carbocycles. The van der Waals surface area contributed by atoms with Crippen molar-refractivity contribution >= 4 is 22.1 Å². The Morgan fingerprint density at radius 1 is 0.667 bits per heavy atom. The maximum Gasteiger partial charge on any atom is 1.00 e. The third kappa shape index (κ3) is 18.9. The number of ether oxygens (including phenoxy) is 2. The predicted molar refractivity (Wildman–Crippen MR) is 137 cm³/mol. The van der Waals surface area contributed by atoms with Crippen LogP contribution in [0.3, 0.4) is 0 Å². The second kappa shape index (κ2) is 22.7. The van der Waals surface area contributed by atoms with Gasteiger partial charge in [0.05, 0.1) is 33.6 Å². The zero-order valence-electron chi connectivity index (χ0n) is 22.3. The van der Waals surface area contributed by atoms with Gasteiger partial charge in [-0.1, -0.05) is 109 Å². The molecule has 0 amide bonds. The quantitative estimate of drug-likeness (QED) is 0.0998. The maximum atomic E-state index is 12.4. The van der Waals surface area contributed by atoms with Gasteiger partial charge < -0.3 is 14.0 Å². The van der Waals surface area contributed by atoms with Gasteiger partial charge in [0, 0.05) is 0 Å². The van der Waals surface area contributed by atoms with Crippen LogP contribution in [-0.2, 0) is 19.6 Å². The van der Waals surface area contributed by atoms with Gasteiger partial charge in [-0.05, 0) is 18.6 Å². The summed E-state index contributed by atoms with van der Waals surface area (Å²) in [6.45, 7) is 1.96. The molecule has 0 spiro atoms. The average Bonchev–Trinajstić information content (AvgIpc) is 2.82. The van der Waals surface area contributed by atoms with Gasteiger partial charge in [-0.15, -0.1) is 0 Å². The monoisotopic (exact) mass is 550 g/mol. The van der Waals surface area contributed by atoms with E-state index < -0.39 is 34.4 Å². The third-order valence-electron chi connectivity index (χ3n) is 5.91. The smallest absolute Gasteiger partial charge is 0.748 e. The summed E-state index contributed by atoms with van der Waals surface area (Å²) in [4.78, 5) is 24.5. The summed E-state index contributed by atoms with van der Waals surface area (Å²) in [7, 11) is -4.48. The molecule has 0 aromatic heterocycles. The van der Waals surface area contributed by atoms with Crippen LogP contribution in [0.1, 0.15) is 124 Å². The molecule has 200 valence electrons. The molecule has 0 heterocycles. The van der Waals surface area contributed by atoms with E-state index >= 15 is 0 Å². The van der Waals surface area contributed by atoms with Crippen LogP contribution in [0.2, 0.25) is 0 Å². The van der Waals surface area contributed by atoms with Crippen LogP contribution in [-0.4, -0.2) is 43.9 Å². The Labute approximate surface area is 260 Å². The fourth-order valence-corrected chi connectivity index (χ4v) is 4.16. The summed E-state index contributed by atoms with van der Waals surface area (Å²) < 4.78 is 42.0.